The van der Waals surface area contributed by atoms with Crippen LogP contribution in [-0.2, 0) is 6.42 Å². The lowest BCUT2D eigenvalue weighted by atomic mass is 9.78. The summed E-state index contributed by atoms with van der Waals surface area (Å²) in [4.78, 5) is 0. The fraction of sp³-hybridized carbons (Fsp3) is 0.538. The first-order valence-corrected chi connectivity index (χ1v) is 5.61. The van der Waals surface area contributed by atoms with Crippen molar-refractivity contribution in [3.8, 4) is 0 Å². The van der Waals surface area contributed by atoms with Crippen LogP contribution in [0, 0.1) is 17.0 Å². The Morgan fingerprint density at radius 2 is 1.81 bits per heavy atom. The van der Waals surface area contributed by atoms with Crippen LogP contribution in [0.5, 0.6) is 0 Å². The van der Waals surface area contributed by atoms with E-state index in [0.717, 1.165) is 0 Å². The molecule has 1 atom stereocenters. The molecule has 0 saturated carbocycles. The summed E-state index contributed by atoms with van der Waals surface area (Å²) in [6, 6.07) is 2.32. The monoisotopic (exact) mass is 225 g/mol. The summed E-state index contributed by atoms with van der Waals surface area (Å²) in [6.07, 6.45) is 0.561. The van der Waals surface area contributed by atoms with E-state index in [2.05, 4.69) is 5.32 Å². The number of nitrogens with one attached hydrogen (secondary N) is 1. The maximum atomic E-state index is 13.8. The van der Waals surface area contributed by atoms with Gasteiger partial charge in [-0.2, -0.15) is 0 Å². The highest BCUT2D eigenvalue weighted by molar-refractivity contribution is 5.36. The Morgan fingerprint density at radius 1 is 1.19 bits per heavy atom. The van der Waals surface area contributed by atoms with E-state index in [0.29, 0.717) is 24.1 Å². The van der Waals surface area contributed by atoms with Crippen molar-refractivity contribution in [2.75, 3.05) is 6.54 Å². The van der Waals surface area contributed by atoms with Crippen molar-refractivity contribution < 1.29 is 8.78 Å². The molecule has 16 heavy (non-hydrogen) atoms. The zero-order valence-corrected chi connectivity index (χ0v) is 9.90. The first-order chi connectivity index (χ1) is 7.41. The van der Waals surface area contributed by atoms with Gasteiger partial charge in [0.05, 0.1) is 0 Å². The Labute approximate surface area is 94.9 Å². The van der Waals surface area contributed by atoms with E-state index in [1.807, 2.05) is 20.8 Å². The summed E-state index contributed by atoms with van der Waals surface area (Å²) in [7, 11) is 0. The lowest BCUT2D eigenvalue weighted by Gasteiger charge is -2.37. The lowest BCUT2D eigenvalue weighted by molar-refractivity contribution is 0.254. The summed E-state index contributed by atoms with van der Waals surface area (Å²) >= 11 is 0. The minimum Gasteiger partial charge on any atom is -0.309 e. The van der Waals surface area contributed by atoms with Gasteiger partial charge in [0.2, 0.25) is 0 Å². The highest BCUT2D eigenvalue weighted by Crippen LogP contribution is 2.38. The topological polar surface area (TPSA) is 12.0 Å². The molecule has 1 aromatic carbocycles. The van der Waals surface area contributed by atoms with E-state index in [4.69, 9.17) is 0 Å². The molecule has 2 rings (SSSR count). The minimum absolute atomic E-state index is 0.119. The smallest absolute Gasteiger partial charge is 0.128 e. The van der Waals surface area contributed by atoms with Gasteiger partial charge < -0.3 is 5.32 Å². The zero-order valence-electron chi connectivity index (χ0n) is 9.90. The predicted octanol–water partition coefficient (Wildman–Crippen LogP) is 3.20. The van der Waals surface area contributed by atoms with E-state index in [1.165, 1.54) is 12.1 Å². The molecule has 3 heteroatoms. The molecule has 0 saturated heterocycles. The Kier molecular flexibility index (Phi) is 2.74. The molecule has 1 aliphatic rings. The third-order valence-electron chi connectivity index (χ3n) is 3.12. The molecule has 0 spiro atoms. The van der Waals surface area contributed by atoms with E-state index < -0.39 is 0 Å². The molecule has 0 aliphatic carbocycles. The predicted molar refractivity (Wildman–Crippen MR) is 60.3 cm³/mol. The van der Waals surface area contributed by atoms with Crippen molar-refractivity contribution >= 4 is 0 Å². The minimum atomic E-state index is -0.302. The van der Waals surface area contributed by atoms with Gasteiger partial charge in [0.25, 0.3) is 0 Å². The van der Waals surface area contributed by atoms with Crippen LogP contribution >= 0.6 is 0 Å². The highest BCUT2D eigenvalue weighted by atomic mass is 19.1. The van der Waals surface area contributed by atoms with Gasteiger partial charge in [-0.15, -0.1) is 0 Å². The first kappa shape index (κ1) is 11.5. The summed E-state index contributed by atoms with van der Waals surface area (Å²) in [5.74, 6) is -0.587. The molecule has 1 aromatic rings. The van der Waals surface area contributed by atoms with Crippen LogP contribution in [0.4, 0.5) is 8.78 Å². The molecule has 1 N–H and O–H groups in total. The fourth-order valence-corrected chi connectivity index (χ4v) is 2.36. The number of halogens is 2. The Bertz CT molecular complexity index is 407. The maximum absolute atomic E-state index is 13.8. The molecular formula is C13H17F2N. The van der Waals surface area contributed by atoms with E-state index in [9.17, 15) is 8.78 Å². The number of fused-ring (bicyclic) bond motifs is 1. The van der Waals surface area contributed by atoms with E-state index in [1.54, 1.807) is 0 Å². The van der Waals surface area contributed by atoms with Crippen LogP contribution in [0.15, 0.2) is 12.1 Å². The maximum Gasteiger partial charge on any atom is 0.128 e. The molecular weight excluding hydrogens is 208 g/mol. The van der Waals surface area contributed by atoms with Crippen molar-refractivity contribution in [3.05, 3.63) is 34.9 Å². The summed E-state index contributed by atoms with van der Waals surface area (Å²) in [6.45, 7) is 6.80. The van der Waals surface area contributed by atoms with Gasteiger partial charge in [-0.05, 0) is 36.1 Å². The van der Waals surface area contributed by atoms with Gasteiger partial charge in [0.15, 0.2) is 0 Å². The number of benzene rings is 1. The van der Waals surface area contributed by atoms with Gasteiger partial charge >= 0.3 is 0 Å². The Morgan fingerprint density at radius 3 is 2.44 bits per heavy atom. The average molecular weight is 225 g/mol. The quantitative estimate of drug-likeness (QED) is 0.715. The third kappa shape index (κ3) is 1.84. The van der Waals surface area contributed by atoms with Gasteiger partial charge in [0.1, 0.15) is 11.6 Å². The van der Waals surface area contributed by atoms with Crippen LogP contribution in [0.25, 0.3) is 0 Å². The second kappa shape index (κ2) is 3.81. The van der Waals surface area contributed by atoms with Crippen LogP contribution in [0.2, 0.25) is 0 Å². The van der Waals surface area contributed by atoms with Crippen molar-refractivity contribution in [1.82, 2.24) is 5.32 Å². The third-order valence-corrected chi connectivity index (χ3v) is 3.12. The SMILES string of the molecule is CC(C)(C)C1NCCc2c(F)ccc(F)c21. The highest BCUT2D eigenvalue weighted by Gasteiger charge is 2.33. The van der Waals surface area contributed by atoms with Gasteiger partial charge in [-0.25, -0.2) is 8.78 Å². The van der Waals surface area contributed by atoms with Crippen LogP contribution in [-0.4, -0.2) is 6.54 Å². The standard InChI is InChI=1S/C13H17F2N/c1-13(2,3)12-11-8(6-7-16-12)9(14)4-5-10(11)15/h4-5,12,16H,6-7H2,1-3H3. The lowest BCUT2D eigenvalue weighted by Crippen LogP contribution is -2.39. The van der Waals surface area contributed by atoms with Gasteiger partial charge in [0, 0.05) is 11.6 Å². The molecule has 0 radical (unpaired) electrons. The Balaban J connectivity index is 2.58. The molecule has 1 unspecified atom stereocenters. The number of hydrogen-bond donors (Lipinski definition) is 1. The van der Waals surface area contributed by atoms with Crippen LogP contribution in [0.3, 0.4) is 0 Å². The molecule has 1 heterocycles. The molecule has 0 aromatic heterocycles. The second-order valence-corrected chi connectivity index (χ2v) is 5.42. The Hall–Kier alpha value is -0.960. The van der Waals surface area contributed by atoms with Crippen molar-refractivity contribution in [2.24, 2.45) is 5.41 Å². The number of rotatable bonds is 0. The molecule has 88 valence electrons. The fourth-order valence-electron chi connectivity index (χ4n) is 2.36. The summed E-state index contributed by atoms with van der Waals surface area (Å²) in [5.41, 5.74) is 0.932. The van der Waals surface area contributed by atoms with Crippen LogP contribution < -0.4 is 5.32 Å². The molecule has 1 aliphatic heterocycles. The first-order valence-electron chi connectivity index (χ1n) is 5.61. The van der Waals surface area contributed by atoms with Crippen LogP contribution in [0.1, 0.15) is 37.9 Å². The molecule has 1 nitrogen and oxygen atoms in total. The van der Waals surface area contributed by atoms with Crippen molar-refractivity contribution in [3.63, 3.8) is 0 Å². The molecule has 0 bridgehead atoms. The summed E-state index contributed by atoms with van der Waals surface area (Å²) < 4.78 is 27.4. The van der Waals surface area contributed by atoms with Crippen molar-refractivity contribution in [1.29, 1.82) is 0 Å². The normalized spacial score (nSPS) is 20.7. The van der Waals surface area contributed by atoms with Crippen molar-refractivity contribution in [2.45, 2.75) is 33.2 Å². The largest absolute Gasteiger partial charge is 0.309 e. The summed E-state index contributed by atoms with van der Waals surface area (Å²) in [5, 5.41) is 3.28. The molecule has 0 fully saturated rings. The van der Waals surface area contributed by atoms with Gasteiger partial charge in [-0.1, -0.05) is 20.8 Å². The second-order valence-electron chi connectivity index (χ2n) is 5.42. The zero-order chi connectivity index (χ0) is 11.9. The van der Waals surface area contributed by atoms with E-state index in [-0.39, 0.29) is 23.1 Å². The van der Waals surface area contributed by atoms with E-state index >= 15 is 0 Å². The van der Waals surface area contributed by atoms with Gasteiger partial charge in [-0.3, -0.25) is 0 Å². The molecule has 0 amide bonds. The number of hydrogen-bond acceptors (Lipinski definition) is 1. The average Bonchev–Trinajstić information content (AvgIpc) is 2.22.